The van der Waals surface area contributed by atoms with Crippen molar-refractivity contribution in [3.05, 3.63) is 56.7 Å². The van der Waals surface area contributed by atoms with Crippen LogP contribution in [0.3, 0.4) is 0 Å². The van der Waals surface area contributed by atoms with Gasteiger partial charge in [-0.3, -0.25) is 10.1 Å². The van der Waals surface area contributed by atoms with E-state index in [-0.39, 0.29) is 11.7 Å². The van der Waals surface area contributed by atoms with Gasteiger partial charge >= 0.3 is 6.18 Å². The third-order valence-corrected chi connectivity index (χ3v) is 4.96. The molecule has 1 aliphatic rings. The number of nitrogens with one attached hydrogen (secondary N) is 1. The van der Waals surface area contributed by atoms with E-state index in [1.807, 2.05) is 11.0 Å². The first kappa shape index (κ1) is 20.7. The number of benzene rings is 1. The standard InChI is InChI=1S/C18H15ClF3N5O2/c19-14-8-15(16(27(28)29)7-13(14)18(20,21)22)25-12-3-5-26(6-4-12)17-2-1-11(9-23)10-24-17/h1-2,7-8,10,12,25H,3-6H2. The fraction of sp³-hybridized carbons (Fsp3) is 0.333. The number of nitro groups is 1. The number of hydrogen-bond acceptors (Lipinski definition) is 6. The number of anilines is 2. The molecule has 1 aliphatic heterocycles. The summed E-state index contributed by atoms with van der Waals surface area (Å²) in [6.45, 7) is 1.19. The number of nitro benzene ring substituents is 1. The highest BCUT2D eigenvalue weighted by Gasteiger charge is 2.36. The highest BCUT2D eigenvalue weighted by molar-refractivity contribution is 6.31. The van der Waals surface area contributed by atoms with E-state index in [0.29, 0.717) is 43.4 Å². The van der Waals surface area contributed by atoms with Gasteiger partial charge in [-0.2, -0.15) is 18.4 Å². The third-order valence-electron chi connectivity index (χ3n) is 4.64. The van der Waals surface area contributed by atoms with Crippen LogP contribution in [0, 0.1) is 21.4 Å². The number of piperidine rings is 1. The molecule has 3 rings (SSSR count). The quantitative estimate of drug-likeness (QED) is 0.567. The van der Waals surface area contributed by atoms with Crippen molar-refractivity contribution in [1.82, 2.24) is 4.98 Å². The fourth-order valence-electron chi connectivity index (χ4n) is 3.16. The molecule has 0 radical (unpaired) electrons. The van der Waals surface area contributed by atoms with Crippen molar-refractivity contribution in [2.75, 3.05) is 23.3 Å². The smallest absolute Gasteiger partial charge is 0.377 e. The molecule has 7 nitrogen and oxygen atoms in total. The molecular formula is C18H15ClF3N5O2. The van der Waals surface area contributed by atoms with Crippen LogP contribution < -0.4 is 10.2 Å². The Morgan fingerprint density at radius 3 is 2.52 bits per heavy atom. The lowest BCUT2D eigenvalue weighted by molar-refractivity contribution is -0.384. The van der Waals surface area contributed by atoms with Crippen LogP contribution in [0.1, 0.15) is 24.0 Å². The minimum atomic E-state index is -4.78. The SMILES string of the molecule is N#Cc1ccc(N2CCC(Nc3cc(Cl)c(C(F)(F)F)cc3[N+](=O)[O-])CC2)nc1. The molecule has 1 aromatic heterocycles. The van der Waals surface area contributed by atoms with Crippen LogP contribution in [0.2, 0.25) is 5.02 Å². The summed E-state index contributed by atoms with van der Waals surface area (Å²) in [6, 6.07) is 6.65. The van der Waals surface area contributed by atoms with Gasteiger partial charge in [-0.25, -0.2) is 4.98 Å². The Balaban J connectivity index is 1.72. The molecule has 0 atom stereocenters. The molecule has 1 N–H and O–H groups in total. The second kappa shape index (κ2) is 8.13. The first-order chi connectivity index (χ1) is 13.7. The van der Waals surface area contributed by atoms with Gasteiger partial charge in [0, 0.05) is 31.4 Å². The monoisotopic (exact) mass is 425 g/mol. The van der Waals surface area contributed by atoms with Crippen LogP contribution in [-0.2, 0) is 6.18 Å². The van der Waals surface area contributed by atoms with Crippen LogP contribution in [-0.4, -0.2) is 29.0 Å². The zero-order chi connectivity index (χ0) is 21.2. The van der Waals surface area contributed by atoms with Gasteiger partial charge in [0.1, 0.15) is 17.6 Å². The van der Waals surface area contributed by atoms with Crippen molar-refractivity contribution in [2.45, 2.75) is 25.1 Å². The molecule has 0 unspecified atom stereocenters. The van der Waals surface area contributed by atoms with Crippen LogP contribution in [0.15, 0.2) is 30.5 Å². The number of aromatic nitrogens is 1. The lowest BCUT2D eigenvalue weighted by Crippen LogP contribution is -2.39. The van der Waals surface area contributed by atoms with E-state index >= 15 is 0 Å². The number of nitrogens with zero attached hydrogens (tertiary/aromatic N) is 4. The number of rotatable bonds is 4. The van der Waals surface area contributed by atoms with Crippen molar-refractivity contribution in [2.24, 2.45) is 0 Å². The maximum atomic E-state index is 13.0. The second-order valence-electron chi connectivity index (χ2n) is 6.53. The molecule has 0 aliphatic carbocycles. The van der Waals surface area contributed by atoms with Gasteiger partial charge < -0.3 is 10.2 Å². The number of pyridine rings is 1. The Labute approximate surface area is 168 Å². The highest BCUT2D eigenvalue weighted by atomic mass is 35.5. The van der Waals surface area contributed by atoms with Gasteiger partial charge in [0.05, 0.1) is 21.1 Å². The lowest BCUT2D eigenvalue weighted by Gasteiger charge is -2.33. The number of hydrogen-bond donors (Lipinski definition) is 1. The predicted octanol–water partition coefficient (Wildman–Crippen LogP) is 4.61. The molecule has 11 heteroatoms. The number of nitriles is 1. The van der Waals surface area contributed by atoms with Crippen molar-refractivity contribution in [1.29, 1.82) is 5.26 Å². The van der Waals surface area contributed by atoms with Gasteiger partial charge in [0.25, 0.3) is 5.69 Å². The topological polar surface area (TPSA) is 95.1 Å². The zero-order valence-electron chi connectivity index (χ0n) is 14.9. The van der Waals surface area contributed by atoms with Gasteiger partial charge in [-0.1, -0.05) is 11.6 Å². The maximum absolute atomic E-state index is 13.0. The van der Waals surface area contributed by atoms with Crippen molar-refractivity contribution < 1.29 is 18.1 Å². The first-order valence-corrected chi connectivity index (χ1v) is 8.99. The highest BCUT2D eigenvalue weighted by Crippen LogP contribution is 2.40. The largest absolute Gasteiger partial charge is 0.418 e. The minimum Gasteiger partial charge on any atom is -0.377 e. The van der Waals surface area contributed by atoms with Gasteiger partial charge in [-0.15, -0.1) is 0 Å². The molecule has 2 aromatic rings. The van der Waals surface area contributed by atoms with E-state index in [1.54, 1.807) is 12.1 Å². The summed E-state index contributed by atoms with van der Waals surface area (Å²) < 4.78 is 38.9. The first-order valence-electron chi connectivity index (χ1n) is 8.62. The van der Waals surface area contributed by atoms with Gasteiger partial charge in [0.2, 0.25) is 0 Å². The van der Waals surface area contributed by atoms with E-state index in [0.717, 1.165) is 6.07 Å². The molecule has 1 fully saturated rings. The molecule has 0 amide bonds. The average molecular weight is 426 g/mol. The summed E-state index contributed by atoms with van der Waals surface area (Å²) in [7, 11) is 0. The zero-order valence-corrected chi connectivity index (χ0v) is 15.7. The molecule has 1 aromatic carbocycles. The van der Waals surface area contributed by atoms with Crippen LogP contribution in [0.5, 0.6) is 0 Å². The Hall–Kier alpha value is -3.06. The predicted molar refractivity (Wildman–Crippen MR) is 101 cm³/mol. The molecule has 2 heterocycles. The Morgan fingerprint density at radius 2 is 2.00 bits per heavy atom. The Morgan fingerprint density at radius 1 is 1.31 bits per heavy atom. The molecule has 29 heavy (non-hydrogen) atoms. The van der Waals surface area contributed by atoms with Gasteiger partial charge in [-0.05, 0) is 31.0 Å². The summed E-state index contributed by atoms with van der Waals surface area (Å²) in [5.74, 6) is 0.714. The van der Waals surface area contributed by atoms with E-state index < -0.39 is 27.4 Å². The summed E-state index contributed by atoms with van der Waals surface area (Å²) in [5.41, 5.74) is -1.49. The number of halogens is 4. The molecule has 0 bridgehead atoms. The normalized spacial score (nSPS) is 15.1. The molecule has 0 saturated carbocycles. The minimum absolute atomic E-state index is 0.0389. The number of alkyl halides is 3. The van der Waals surface area contributed by atoms with Crippen molar-refractivity contribution >= 4 is 28.8 Å². The van der Waals surface area contributed by atoms with Crippen molar-refractivity contribution in [3.8, 4) is 6.07 Å². The van der Waals surface area contributed by atoms with E-state index in [9.17, 15) is 23.3 Å². The maximum Gasteiger partial charge on any atom is 0.418 e. The Kier molecular flexibility index (Phi) is 5.79. The van der Waals surface area contributed by atoms with Crippen LogP contribution >= 0.6 is 11.6 Å². The van der Waals surface area contributed by atoms with E-state index in [1.165, 1.54) is 6.20 Å². The second-order valence-corrected chi connectivity index (χ2v) is 6.93. The third kappa shape index (κ3) is 4.68. The summed E-state index contributed by atoms with van der Waals surface area (Å²) in [4.78, 5) is 16.6. The Bertz CT molecular complexity index is 952. The average Bonchev–Trinajstić information content (AvgIpc) is 2.67. The molecule has 1 saturated heterocycles. The lowest BCUT2D eigenvalue weighted by atomic mass is 10.0. The molecule has 152 valence electrons. The summed E-state index contributed by atoms with van der Waals surface area (Å²) in [6.07, 6.45) is -2.11. The summed E-state index contributed by atoms with van der Waals surface area (Å²) in [5, 5.41) is 22.4. The van der Waals surface area contributed by atoms with E-state index in [2.05, 4.69) is 10.3 Å². The molecule has 0 spiro atoms. The fourth-order valence-corrected chi connectivity index (χ4v) is 3.43. The van der Waals surface area contributed by atoms with Gasteiger partial charge in [0.15, 0.2) is 0 Å². The van der Waals surface area contributed by atoms with E-state index in [4.69, 9.17) is 16.9 Å². The summed E-state index contributed by atoms with van der Waals surface area (Å²) >= 11 is 5.71. The van der Waals surface area contributed by atoms with Crippen molar-refractivity contribution in [3.63, 3.8) is 0 Å². The van der Waals surface area contributed by atoms with Crippen LogP contribution in [0.25, 0.3) is 0 Å². The van der Waals surface area contributed by atoms with Crippen LogP contribution in [0.4, 0.5) is 30.4 Å². The molecular weight excluding hydrogens is 411 g/mol.